The lowest BCUT2D eigenvalue weighted by Crippen LogP contribution is -2.04. The molecule has 0 aliphatic carbocycles. The maximum Gasteiger partial charge on any atom is 0.223 e. The Hall–Kier alpha value is -3.41. The van der Waals surface area contributed by atoms with Gasteiger partial charge in [-0.25, -0.2) is 9.97 Å². The van der Waals surface area contributed by atoms with E-state index in [1.807, 2.05) is 25.1 Å². The van der Waals surface area contributed by atoms with Gasteiger partial charge < -0.3 is 14.3 Å². The Morgan fingerprint density at radius 3 is 2.58 bits per heavy atom. The summed E-state index contributed by atoms with van der Waals surface area (Å²) < 4.78 is 10.9. The van der Waals surface area contributed by atoms with Gasteiger partial charge in [-0.3, -0.25) is 0 Å². The molecule has 1 N–H and O–H groups in total. The van der Waals surface area contributed by atoms with Gasteiger partial charge in [0.2, 0.25) is 5.95 Å². The summed E-state index contributed by atoms with van der Waals surface area (Å²) >= 11 is 0. The van der Waals surface area contributed by atoms with Gasteiger partial charge in [-0.05, 0) is 31.5 Å². The van der Waals surface area contributed by atoms with Gasteiger partial charge in [0, 0.05) is 18.8 Å². The van der Waals surface area contributed by atoms with Crippen molar-refractivity contribution >= 4 is 5.95 Å². The van der Waals surface area contributed by atoms with Crippen molar-refractivity contribution in [3.8, 4) is 22.8 Å². The molecule has 26 heavy (non-hydrogen) atoms. The molecular weight excluding hydrogens is 328 g/mol. The van der Waals surface area contributed by atoms with Crippen molar-refractivity contribution in [1.82, 2.24) is 15.1 Å². The van der Waals surface area contributed by atoms with Crippen LogP contribution >= 0.6 is 0 Å². The molecule has 0 aliphatic heterocycles. The average molecular weight is 346 g/mol. The Balaban J connectivity index is 1.65. The van der Waals surface area contributed by atoms with E-state index in [9.17, 15) is 0 Å². The summed E-state index contributed by atoms with van der Waals surface area (Å²) in [7, 11) is 0. The Kier molecular flexibility index (Phi) is 4.23. The molecule has 1 aromatic carbocycles. The maximum atomic E-state index is 5.54. The topological polar surface area (TPSA) is 77.0 Å². The lowest BCUT2D eigenvalue weighted by Gasteiger charge is -2.09. The summed E-state index contributed by atoms with van der Waals surface area (Å²) in [5.41, 5.74) is 4.59. The first-order valence-electron chi connectivity index (χ1n) is 8.33. The number of aryl methyl sites for hydroxylation is 2. The van der Waals surface area contributed by atoms with Gasteiger partial charge in [0.1, 0.15) is 5.69 Å². The molecule has 0 unspecified atom stereocenters. The molecule has 6 nitrogen and oxygen atoms in total. The molecule has 0 aliphatic rings. The minimum Gasteiger partial charge on any atom is -0.463 e. The summed E-state index contributed by atoms with van der Waals surface area (Å²) in [4.78, 5) is 9.05. The molecule has 130 valence electrons. The second kappa shape index (κ2) is 6.84. The van der Waals surface area contributed by atoms with Crippen LogP contribution in [0.2, 0.25) is 0 Å². The van der Waals surface area contributed by atoms with Crippen LogP contribution in [0.1, 0.15) is 16.8 Å². The minimum atomic E-state index is 0.525. The third-order valence-corrected chi connectivity index (χ3v) is 4.01. The monoisotopic (exact) mass is 346 g/mol. The van der Waals surface area contributed by atoms with E-state index in [4.69, 9.17) is 8.94 Å². The third-order valence-electron chi connectivity index (χ3n) is 4.01. The van der Waals surface area contributed by atoms with Crippen LogP contribution in [0.3, 0.4) is 0 Å². The molecule has 0 saturated heterocycles. The number of anilines is 1. The predicted molar refractivity (Wildman–Crippen MR) is 98.5 cm³/mol. The van der Waals surface area contributed by atoms with Crippen molar-refractivity contribution in [2.24, 2.45) is 0 Å². The highest BCUT2D eigenvalue weighted by molar-refractivity contribution is 5.75. The van der Waals surface area contributed by atoms with Gasteiger partial charge in [0.05, 0.1) is 17.5 Å². The van der Waals surface area contributed by atoms with Crippen LogP contribution in [0.5, 0.6) is 0 Å². The summed E-state index contributed by atoms with van der Waals surface area (Å²) in [6.45, 7) is 4.58. The van der Waals surface area contributed by atoms with Crippen molar-refractivity contribution < 1.29 is 8.94 Å². The quantitative estimate of drug-likeness (QED) is 0.568. The fraction of sp³-hybridized carbons (Fsp3) is 0.150. The van der Waals surface area contributed by atoms with Gasteiger partial charge >= 0.3 is 0 Å². The Labute approximate surface area is 150 Å². The van der Waals surface area contributed by atoms with Gasteiger partial charge in [-0.1, -0.05) is 35.0 Å². The average Bonchev–Trinajstić information content (AvgIpc) is 3.33. The molecule has 4 aromatic rings. The summed E-state index contributed by atoms with van der Waals surface area (Å²) in [5.74, 6) is 1.78. The van der Waals surface area contributed by atoms with Crippen LogP contribution < -0.4 is 5.32 Å². The predicted octanol–water partition coefficient (Wildman–Crippen LogP) is 4.62. The van der Waals surface area contributed by atoms with Crippen LogP contribution in [0, 0.1) is 13.8 Å². The van der Waals surface area contributed by atoms with Crippen molar-refractivity contribution in [2.45, 2.75) is 20.4 Å². The first-order valence-corrected chi connectivity index (χ1v) is 8.33. The van der Waals surface area contributed by atoms with Crippen LogP contribution in [-0.2, 0) is 6.54 Å². The fourth-order valence-electron chi connectivity index (χ4n) is 2.63. The molecule has 0 atom stereocenters. The minimum absolute atomic E-state index is 0.525. The zero-order chi connectivity index (χ0) is 17.9. The fourth-order valence-corrected chi connectivity index (χ4v) is 2.63. The zero-order valence-corrected chi connectivity index (χ0v) is 14.6. The van der Waals surface area contributed by atoms with E-state index in [1.165, 1.54) is 5.56 Å². The van der Waals surface area contributed by atoms with Gasteiger partial charge in [-0.15, -0.1) is 0 Å². The summed E-state index contributed by atoms with van der Waals surface area (Å²) in [6.07, 6.45) is 3.34. The van der Waals surface area contributed by atoms with Crippen LogP contribution in [0.4, 0.5) is 5.95 Å². The zero-order valence-electron chi connectivity index (χ0n) is 14.6. The van der Waals surface area contributed by atoms with E-state index in [-0.39, 0.29) is 0 Å². The number of rotatable bonds is 5. The highest BCUT2D eigenvalue weighted by Crippen LogP contribution is 2.31. The largest absolute Gasteiger partial charge is 0.463 e. The van der Waals surface area contributed by atoms with E-state index in [0.29, 0.717) is 29.7 Å². The van der Waals surface area contributed by atoms with E-state index in [0.717, 1.165) is 16.8 Å². The first-order chi connectivity index (χ1) is 12.7. The number of nitrogens with one attached hydrogen (secondary N) is 1. The van der Waals surface area contributed by atoms with Crippen molar-refractivity contribution in [3.63, 3.8) is 0 Å². The van der Waals surface area contributed by atoms with Gasteiger partial charge in [0.15, 0.2) is 11.5 Å². The lowest BCUT2D eigenvalue weighted by molar-refractivity contribution is 0.427. The Morgan fingerprint density at radius 2 is 1.88 bits per heavy atom. The standard InChI is InChI=1S/C20H18N4O2/c1-13-5-7-15(8-6-13)11-21-20-22-12-16(18-10-14(2)24-26-18)19(23-20)17-4-3-9-25-17/h3-10,12H,11H2,1-2H3,(H,21,22,23). The molecule has 3 heterocycles. The second-order valence-corrected chi connectivity index (χ2v) is 6.10. The molecule has 3 aromatic heterocycles. The number of benzene rings is 1. The SMILES string of the molecule is Cc1ccc(CNc2ncc(-c3cc(C)no3)c(-c3ccco3)n2)cc1. The lowest BCUT2D eigenvalue weighted by atomic mass is 10.1. The molecule has 0 saturated carbocycles. The van der Waals surface area contributed by atoms with Crippen molar-refractivity contribution in [2.75, 3.05) is 5.32 Å². The van der Waals surface area contributed by atoms with Crippen LogP contribution in [0.15, 0.2) is 63.9 Å². The van der Waals surface area contributed by atoms with E-state index in [1.54, 1.807) is 12.5 Å². The third kappa shape index (κ3) is 3.35. The molecule has 6 heteroatoms. The second-order valence-electron chi connectivity index (χ2n) is 6.10. The van der Waals surface area contributed by atoms with Crippen molar-refractivity contribution in [1.29, 1.82) is 0 Å². The first kappa shape index (κ1) is 16.1. The van der Waals surface area contributed by atoms with E-state index >= 15 is 0 Å². The number of hydrogen-bond donors (Lipinski definition) is 1. The van der Waals surface area contributed by atoms with Gasteiger partial charge in [-0.2, -0.15) is 0 Å². The maximum absolute atomic E-state index is 5.54. The van der Waals surface area contributed by atoms with E-state index < -0.39 is 0 Å². The molecule has 0 spiro atoms. The highest BCUT2D eigenvalue weighted by Gasteiger charge is 2.17. The van der Waals surface area contributed by atoms with Crippen LogP contribution in [0.25, 0.3) is 22.8 Å². The number of nitrogens with zero attached hydrogens (tertiary/aromatic N) is 3. The van der Waals surface area contributed by atoms with Crippen LogP contribution in [-0.4, -0.2) is 15.1 Å². The normalized spacial score (nSPS) is 10.8. The molecule has 0 bridgehead atoms. The molecular formula is C20H18N4O2. The van der Waals surface area contributed by atoms with Crippen molar-refractivity contribution in [3.05, 3.63) is 71.7 Å². The smallest absolute Gasteiger partial charge is 0.223 e. The molecule has 4 rings (SSSR count). The van der Waals surface area contributed by atoms with E-state index in [2.05, 4.69) is 51.6 Å². The summed E-state index contributed by atoms with van der Waals surface area (Å²) in [6, 6.07) is 13.9. The molecule has 0 amide bonds. The molecule has 0 radical (unpaired) electrons. The number of hydrogen-bond acceptors (Lipinski definition) is 6. The molecule has 0 fully saturated rings. The van der Waals surface area contributed by atoms with Gasteiger partial charge in [0.25, 0.3) is 0 Å². The highest BCUT2D eigenvalue weighted by atomic mass is 16.5. The Bertz CT molecular complexity index is 1000. The summed E-state index contributed by atoms with van der Waals surface area (Å²) in [5, 5.41) is 7.20. The Morgan fingerprint density at radius 1 is 1.04 bits per heavy atom. The number of furan rings is 1. The number of aromatic nitrogens is 3.